The Kier molecular flexibility index (Phi) is 2.33. The van der Waals surface area contributed by atoms with Crippen LogP contribution in [0.1, 0.15) is 11.1 Å². The summed E-state index contributed by atoms with van der Waals surface area (Å²) in [5.74, 6) is 1.21. The number of nitrogens with zero attached hydrogens (tertiary/aromatic N) is 3. The number of hydrogen-bond acceptors (Lipinski definition) is 2. The summed E-state index contributed by atoms with van der Waals surface area (Å²) in [4.78, 5) is 4.74. The molecule has 100 valence electrons. The molecule has 1 aliphatic heterocycles. The zero-order valence-electron chi connectivity index (χ0n) is 11.7. The van der Waals surface area contributed by atoms with Crippen LogP contribution in [-0.2, 0) is 0 Å². The Morgan fingerprint density at radius 2 is 2.20 bits per heavy atom. The van der Waals surface area contributed by atoms with Crippen molar-refractivity contribution in [1.82, 2.24) is 14.7 Å². The lowest BCUT2D eigenvalue weighted by Gasteiger charge is -2.09. The molecular formula is C16H17N4+. The fourth-order valence-electron chi connectivity index (χ4n) is 2.98. The third kappa shape index (κ3) is 1.54. The van der Waals surface area contributed by atoms with E-state index in [0.29, 0.717) is 0 Å². The van der Waals surface area contributed by atoms with Crippen LogP contribution < -0.4 is 5.32 Å². The molecule has 3 heterocycles. The smallest absolute Gasteiger partial charge is 0.278 e. The van der Waals surface area contributed by atoms with Crippen molar-refractivity contribution in [3.63, 3.8) is 0 Å². The van der Waals surface area contributed by atoms with Crippen molar-refractivity contribution in [1.29, 1.82) is 0 Å². The number of likely N-dealkylation sites (N-methyl/N-ethyl adjacent to an activating group) is 1. The minimum Gasteiger partial charge on any atom is -0.308 e. The molecule has 0 saturated carbocycles. The molecule has 0 amide bonds. The van der Waals surface area contributed by atoms with E-state index in [1.165, 1.54) is 22.3 Å². The van der Waals surface area contributed by atoms with Crippen LogP contribution >= 0.6 is 0 Å². The minimum absolute atomic E-state index is 0.991. The monoisotopic (exact) mass is 265 g/mol. The first kappa shape index (κ1) is 11.5. The fourth-order valence-corrected chi connectivity index (χ4v) is 2.98. The van der Waals surface area contributed by atoms with E-state index in [1.807, 2.05) is 18.3 Å². The van der Waals surface area contributed by atoms with Crippen LogP contribution in [0.3, 0.4) is 0 Å². The lowest BCUT2D eigenvalue weighted by atomic mass is 10.0. The maximum absolute atomic E-state index is 4.74. The van der Waals surface area contributed by atoms with Crippen molar-refractivity contribution in [2.24, 2.45) is 0 Å². The molecule has 0 aliphatic carbocycles. The minimum atomic E-state index is 0.991. The predicted octanol–water partition coefficient (Wildman–Crippen LogP) is 1.79. The second-order valence-electron chi connectivity index (χ2n) is 5.40. The molecule has 1 aliphatic rings. The SMILES string of the molecule is Cc1ccc2nc3cccn3cc2c1C1=[N+](C)CCN1. The van der Waals surface area contributed by atoms with E-state index in [2.05, 4.69) is 46.6 Å². The molecule has 1 N–H and O–H groups in total. The van der Waals surface area contributed by atoms with E-state index in [4.69, 9.17) is 4.98 Å². The van der Waals surface area contributed by atoms with Gasteiger partial charge in [-0.3, -0.25) is 9.89 Å². The maximum Gasteiger partial charge on any atom is 0.278 e. The molecule has 0 saturated heterocycles. The molecule has 0 atom stereocenters. The van der Waals surface area contributed by atoms with E-state index in [-0.39, 0.29) is 0 Å². The van der Waals surface area contributed by atoms with Crippen molar-refractivity contribution in [2.45, 2.75) is 6.92 Å². The predicted molar refractivity (Wildman–Crippen MR) is 80.6 cm³/mol. The van der Waals surface area contributed by atoms with Crippen LogP contribution in [0.25, 0.3) is 16.6 Å². The second kappa shape index (κ2) is 4.07. The van der Waals surface area contributed by atoms with Gasteiger partial charge in [-0.25, -0.2) is 4.98 Å². The molecular weight excluding hydrogens is 248 g/mol. The van der Waals surface area contributed by atoms with Gasteiger partial charge in [0.1, 0.15) is 18.7 Å². The van der Waals surface area contributed by atoms with Gasteiger partial charge in [0.05, 0.1) is 18.1 Å². The third-order valence-corrected chi connectivity index (χ3v) is 4.05. The summed E-state index contributed by atoms with van der Waals surface area (Å²) in [6.45, 7) is 4.21. The van der Waals surface area contributed by atoms with E-state index in [9.17, 15) is 0 Å². The molecule has 0 fully saturated rings. The van der Waals surface area contributed by atoms with Crippen LogP contribution in [0.4, 0.5) is 0 Å². The summed E-state index contributed by atoms with van der Waals surface area (Å²) in [6.07, 6.45) is 4.23. The summed E-state index contributed by atoms with van der Waals surface area (Å²) < 4.78 is 4.36. The summed E-state index contributed by atoms with van der Waals surface area (Å²) in [7, 11) is 2.13. The van der Waals surface area contributed by atoms with Gasteiger partial charge in [0.25, 0.3) is 5.84 Å². The van der Waals surface area contributed by atoms with Crippen LogP contribution in [0.15, 0.2) is 36.7 Å². The summed E-state index contributed by atoms with van der Waals surface area (Å²) in [5.41, 5.74) is 4.59. The quantitative estimate of drug-likeness (QED) is 0.680. The van der Waals surface area contributed by atoms with Crippen molar-refractivity contribution in [2.75, 3.05) is 20.1 Å². The van der Waals surface area contributed by atoms with Crippen LogP contribution in [-0.4, -0.2) is 39.9 Å². The molecule has 0 radical (unpaired) electrons. The Morgan fingerprint density at radius 3 is 3.00 bits per heavy atom. The first-order chi connectivity index (χ1) is 9.74. The molecule has 4 heteroatoms. The normalized spacial score (nSPS) is 15.3. The Bertz CT molecular complexity index is 857. The third-order valence-electron chi connectivity index (χ3n) is 4.05. The lowest BCUT2D eigenvalue weighted by Crippen LogP contribution is -2.24. The van der Waals surface area contributed by atoms with Gasteiger partial charge in [-0.2, -0.15) is 0 Å². The van der Waals surface area contributed by atoms with Crippen LogP contribution in [0.5, 0.6) is 0 Å². The molecule has 1 aromatic carbocycles. The number of aryl methyl sites for hydroxylation is 1. The standard InChI is InChI=1S/C16H16N4/c1-11-5-6-13-12(10-20-8-3-4-14(20)18-13)15(11)16-17-7-9-19(16)2/h3-6,8,10H,7,9H2,1-2H3/p+1. The van der Waals surface area contributed by atoms with E-state index >= 15 is 0 Å². The van der Waals surface area contributed by atoms with Gasteiger partial charge in [-0.15, -0.1) is 0 Å². The molecule has 2 aromatic heterocycles. The van der Waals surface area contributed by atoms with E-state index < -0.39 is 0 Å². The molecule has 0 bridgehead atoms. The zero-order chi connectivity index (χ0) is 13.7. The number of rotatable bonds is 1. The van der Waals surface area contributed by atoms with Gasteiger partial charge in [-0.1, -0.05) is 6.07 Å². The second-order valence-corrected chi connectivity index (χ2v) is 5.40. The van der Waals surface area contributed by atoms with Gasteiger partial charge in [0, 0.05) is 17.8 Å². The van der Waals surface area contributed by atoms with Crippen molar-refractivity contribution in [3.05, 3.63) is 47.8 Å². The highest BCUT2D eigenvalue weighted by molar-refractivity contribution is 6.08. The van der Waals surface area contributed by atoms with E-state index in [0.717, 1.165) is 24.3 Å². The molecule has 3 aromatic rings. The Morgan fingerprint density at radius 1 is 1.30 bits per heavy atom. The largest absolute Gasteiger partial charge is 0.308 e. The molecule has 0 unspecified atom stereocenters. The lowest BCUT2D eigenvalue weighted by molar-refractivity contribution is -0.485. The number of hydrogen-bond donors (Lipinski definition) is 1. The molecule has 4 nitrogen and oxygen atoms in total. The molecule has 0 spiro atoms. The van der Waals surface area contributed by atoms with Crippen molar-refractivity contribution >= 4 is 22.4 Å². The average Bonchev–Trinajstić information content (AvgIpc) is 3.05. The number of aromatic nitrogens is 2. The van der Waals surface area contributed by atoms with Gasteiger partial charge in [-0.05, 0) is 30.7 Å². The summed E-state index contributed by atoms with van der Waals surface area (Å²) in [6, 6.07) is 8.33. The highest BCUT2D eigenvalue weighted by Crippen LogP contribution is 2.22. The number of amidine groups is 1. The number of fused-ring (bicyclic) bond motifs is 2. The number of nitrogens with one attached hydrogen (secondary N) is 1. The number of benzene rings is 1. The highest BCUT2D eigenvalue weighted by atomic mass is 15.2. The fraction of sp³-hybridized carbons (Fsp3) is 0.250. The van der Waals surface area contributed by atoms with Gasteiger partial charge in [0.15, 0.2) is 0 Å². The first-order valence-electron chi connectivity index (χ1n) is 6.93. The van der Waals surface area contributed by atoms with Crippen LogP contribution in [0.2, 0.25) is 0 Å². The molecule has 4 rings (SSSR count). The molecule has 20 heavy (non-hydrogen) atoms. The van der Waals surface area contributed by atoms with Crippen LogP contribution in [0, 0.1) is 6.92 Å². The van der Waals surface area contributed by atoms with E-state index in [1.54, 1.807) is 0 Å². The highest BCUT2D eigenvalue weighted by Gasteiger charge is 2.24. The van der Waals surface area contributed by atoms with Gasteiger partial charge < -0.3 is 4.40 Å². The summed E-state index contributed by atoms with van der Waals surface area (Å²) in [5, 5.41) is 4.70. The zero-order valence-corrected chi connectivity index (χ0v) is 11.7. The summed E-state index contributed by atoms with van der Waals surface area (Å²) >= 11 is 0. The van der Waals surface area contributed by atoms with Gasteiger partial charge >= 0.3 is 0 Å². The Balaban J connectivity index is 2.12. The average molecular weight is 265 g/mol. The Labute approximate surface area is 117 Å². The topological polar surface area (TPSA) is 32.3 Å². The maximum atomic E-state index is 4.74. The van der Waals surface area contributed by atoms with Gasteiger partial charge in [0.2, 0.25) is 0 Å². The van der Waals surface area contributed by atoms with Crippen molar-refractivity contribution < 1.29 is 4.58 Å². The Hall–Kier alpha value is -2.36. The first-order valence-corrected chi connectivity index (χ1v) is 6.93. The van der Waals surface area contributed by atoms with Crippen molar-refractivity contribution in [3.8, 4) is 0 Å².